The molecule has 2 aliphatic rings. The van der Waals surface area contributed by atoms with Crippen LogP contribution in [0.4, 0.5) is 0 Å². The molecule has 0 amide bonds. The van der Waals surface area contributed by atoms with Gasteiger partial charge in [0.2, 0.25) is 0 Å². The molecule has 2 atom stereocenters. The second-order valence-corrected chi connectivity index (χ2v) is 4.58. The van der Waals surface area contributed by atoms with Gasteiger partial charge in [-0.25, -0.2) is 4.79 Å². The van der Waals surface area contributed by atoms with E-state index in [0.717, 1.165) is 25.1 Å². The molecule has 0 bridgehead atoms. The fourth-order valence-corrected chi connectivity index (χ4v) is 2.49. The van der Waals surface area contributed by atoms with Gasteiger partial charge in [-0.2, -0.15) is 0 Å². The van der Waals surface area contributed by atoms with Crippen molar-refractivity contribution in [3.63, 3.8) is 0 Å². The second-order valence-electron chi connectivity index (χ2n) is 4.58. The number of rotatable bonds is 3. The van der Waals surface area contributed by atoms with Crippen LogP contribution in [0.3, 0.4) is 0 Å². The molecule has 0 saturated carbocycles. The number of halogens is 1. The topological polar surface area (TPSA) is 49.8 Å². The molecule has 1 N–H and O–H groups in total. The highest BCUT2D eigenvalue weighted by atomic mass is 35.5. The first-order valence-electron chi connectivity index (χ1n) is 6.05. The summed E-state index contributed by atoms with van der Waals surface area (Å²) in [6.45, 7) is 5.42. The van der Waals surface area contributed by atoms with Gasteiger partial charge in [0.1, 0.15) is 6.10 Å². The number of ether oxygens (including phenoxy) is 1. The molecule has 0 radical (unpaired) electrons. The molecule has 2 aliphatic heterocycles. The molecule has 5 heteroatoms. The summed E-state index contributed by atoms with van der Waals surface area (Å²) in [6, 6.07) is 0.0913. The summed E-state index contributed by atoms with van der Waals surface area (Å²) in [5.74, 6) is -0.247. The molecule has 2 rings (SSSR count). The molecule has 0 aromatic carbocycles. The number of allylic oxidation sites excluding steroid dienone is 1. The van der Waals surface area contributed by atoms with Crippen molar-refractivity contribution in [2.24, 2.45) is 0 Å². The van der Waals surface area contributed by atoms with Gasteiger partial charge in [0.25, 0.3) is 0 Å². The van der Waals surface area contributed by atoms with Gasteiger partial charge in [-0.1, -0.05) is 12.2 Å². The normalized spacial score (nSPS) is 27.5. The summed E-state index contributed by atoms with van der Waals surface area (Å²) in [5.41, 5.74) is 1.62. The smallest absolute Gasteiger partial charge is 0.333 e. The Morgan fingerprint density at radius 2 is 2.39 bits per heavy atom. The minimum absolute atomic E-state index is 0. The first kappa shape index (κ1) is 15.2. The molecule has 2 unspecified atom stereocenters. The minimum Gasteiger partial charge on any atom is -0.457 e. The third-order valence-corrected chi connectivity index (χ3v) is 3.61. The van der Waals surface area contributed by atoms with Crippen LogP contribution in [-0.4, -0.2) is 47.8 Å². The van der Waals surface area contributed by atoms with Crippen LogP contribution < -0.4 is 0 Å². The Labute approximate surface area is 114 Å². The van der Waals surface area contributed by atoms with Crippen LogP contribution in [0, 0.1) is 0 Å². The molecular formula is C13H20ClNO3. The highest BCUT2D eigenvalue weighted by Gasteiger charge is 2.41. The maximum absolute atomic E-state index is 11.7. The average molecular weight is 274 g/mol. The Morgan fingerprint density at radius 3 is 3.00 bits per heavy atom. The predicted molar refractivity (Wildman–Crippen MR) is 71.7 cm³/mol. The first-order chi connectivity index (χ1) is 8.17. The average Bonchev–Trinajstić information content (AvgIpc) is 2.90. The van der Waals surface area contributed by atoms with Crippen LogP contribution in [0.25, 0.3) is 0 Å². The van der Waals surface area contributed by atoms with E-state index in [1.165, 1.54) is 0 Å². The molecule has 0 aliphatic carbocycles. The lowest BCUT2D eigenvalue weighted by Crippen LogP contribution is -2.35. The van der Waals surface area contributed by atoms with E-state index in [-0.39, 0.29) is 37.1 Å². The van der Waals surface area contributed by atoms with E-state index >= 15 is 0 Å². The Hall–Kier alpha value is -0.840. The van der Waals surface area contributed by atoms with E-state index in [9.17, 15) is 9.90 Å². The standard InChI is InChI=1S/C13H19NO3.ClH/c1-3-9(2)13(16)17-11-5-7-14-6-4-10(8-15)12(11)14;/h3-4,11-12,15H,5-8H2,1-2H3;1H/b9-3-;. The molecule has 18 heavy (non-hydrogen) atoms. The van der Waals surface area contributed by atoms with Gasteiger partial charge in [-0.15, -0.1) is 12.4 Å². The lowest BCUT2D eigenvalue weighted by molar-refractivity contribution is -0.144. The molecule has 1 saturated heterocycles. The predicted octanol–water partition coefficient (Wildman–Crippen LogP) is 1.29. The van der Waals surface area contributed by atoms with E-state index in [4.69, 9.17) is 4.74 Å². The van der Waals surface area contributed by atoms with Gasteiger partial charge in [-0.3, -0.25) is 4.90 Å². The third kappa shape index (κ3) is 2.76. The zero-order chi connectivity index (χ0) is 12.4. The molecule has 4 nitrogen and oxygen atoms in total. The monoisotopic (exact) mass is 273 g/mol. The van der Waals surface area contributed by atoms with Crippen LogP contribution in [-0.2, 0) is 9.53 Å². The Bertz CT molecular complexity index is 378. The molecule has 1 fully saturated rings. The van der Waals surface area contributed by atoms with Gasteiger partial charge in [0, 0.05) is 18.7 Å². The molecule has 0 aromatic rings. The number of nitrogens with zero attached hydrogens (tertiary/aromatic N) is 1. The van der Waals surface area contributed by atoms with E-state index in [2.05, 4.69) is 4.90 Å². The lowest BCUT2D eigenvalue weighted by Gasteiger charge is -2.23. The van der Waals surface area contributed by atoms with E-state index in [0.29, 0.717) is 5.57 Å². The number of fused-ring (bicyclic) bond motifs is 1. The quantitative estimate of drug-likeness (QED) is 0.478. The van der Waals surface area contributed by atoms with Crippen molar-refractivity contribution in [1.82, 2.24) is 4.90 Å². The zero-order valence-electron chi connectivity index (χ0n) is 10.8. The molecule has 0 spiro atoms. The first-order valence-corrected chi connectivity index (χ1v) is 6.05. The number of hydrogen-bond acceptors (Lipinski definition) is 4. The largest absolute Gasteiger partial charge is 0.457 e. The summed E-state index contributed by atoms with van der Waals surface area (Å²) >= 11 is 0. The van der Waals surface area contributed by atoms with Gasteiger partial charge in [-0.05, 0) is 25.8 Å². The molecular weight excluding hydrogens is 254 g/mol. The summed E-state index contributed by atoms with van der Waals surface area (Å²) in [6.07, 6.45) is 4.53. The number of carbonyl (C=O) groups excluding carboxylic acids is 1. The van der Waals surface area contributed by atoms with Crippen LogP contribution in [0.2, 0.25) is 0 Å². The molecule has 2 heterocycles. The van der Waals surface area contributed by atoms with Gasteiger partial charge in [0.15, 0.2) is 0 Å². The van der Waals surface area contributed by atoms with Crippen molar-refractivity contribution in [2.75, 3.05) is 19.7 Å². The third-order valence-electron chi connectivity index (χ3n) is 3.61. The van der Waals surface area contributed by atoms with Gasteiger partial charge >= 0.3 is 5.97 Å². The van der Waals surface area contributed by atoms with E-state index in [1.54, 1.807) is 13.0 Å². The maximum atomic E-state index is 11.7. The summed E-state index contributed by atoms with van der Waals surface area (Å²) in [5, 5.41) is 9.27. The summed E-state index contributed by atoms with van der Waals surface area (Å²) < 4.78 is 5.51. The highest BCUT2D eigenvalue weighted by Crippen LogP contribution is 2.31. The number of aliphatic hydroxyl groups excluding tert-OH is 1. The fraction of sp³-hybridized carbons (Fsp3) is 0.615. The Balaban J connectivity index is 0.00000162. The number of hydrogen-bond donors (Lipinski definition) is 1. The summed E-state index contributed by atoms with van der Waals surface area (Å²) in [4.78, 5) is 14.0. The molecule has 0 aromatic heterocycles. The van der Waals surface area contributed by atoms with Crippen molar-refractivity contribution in [2.45, 2.75) is 32.4 Å². The van der Waals surface area contributed by atoms with Crippen LogP contribution in [0.5, 0.6) is 0 Å². The highest BCUT2D eigenvalue weighted by molar-refractivity contribution is 5.87. The zero-order valence-corrected chi connectivity index (χ0v) is 11.6. The van der Waals surface area contributed by atoms with Crippen molar-refractivity contribution in [3.8, 4) is 0 Å². The minimum atomic E-state index is -0.247. The molecule has 102 valence electrons. The van der Waals surface area contributed by atoms with Crippen molar-refractivity contribution in [3.05, 3.63) is 23.3 Å². The van der Waals surface area contributed by atoms with E-state index < -0.39 is 0 Å². The van der Waals surface area contributed by atoms with E-state index in [1.807, 2.05) is 13.0 Å². The van der Waals surface area contributed by atoms with Gasteiger partial charge in [0.05, 0.1) is 12.6 Å². The van der Waals surface area contributed by atoms with Crippen molar-refractivity contribution < 1.29 is 14.6 Å². The number of aliphatic hydroxyl groups is 1. The van der Waals surface area contributed by atoms with Crippen LogP contribution >= 0.6 is 12.4 Å². The fourth-order valence-electron chi connectivity index (χ4n) is 2.49. The lowest BCUT2D eigenvalue weighted by atomic mass is 10.1. The van der Waals surface area contributed by atoms with Crippen LogP contribution in [0.15, 0.2) is 23.3 Å². The SMILES string of the molecule is C/C=C(/C)C(=O)OC1CCN2CC=C(CO)C12.Cl. The van der Waals surface area contributed by atoms with Gasteiger partial charge < -0.3 is 9.84 Å². The second kappa shape index (κ2) is 6.36. The Morgan fingerprint density at radius 1 is 1.67 bits per heavy atom. The maximum Gasteiger partial charge on any atom is 0.333 e. The number of carbonyl (C=O) groups is 1. The summed E-state index contributed by atoms with van der Waals surface area (Å²) in [7, 11) is 0. The number of esters is 1. The van der Waals surface area contributed by atoms with Crippen LogP contribution in [0.1, 0.15) is 20.3 Å². The van der Waals surface area contributed by atoms with Crippen molar-refractivity contribution >= 4 is 18.4 Å². The van der Waals surface area contributed by atoms with Crippen molar-refractivity contribution in [1.29, 1.82) is 0 Å². The Kier molecular flexibility index (Phi) is 5.38.